The summed E-state index contributed by atoms with van der Waals surface area (Å²) in [5.41, 5.74) is 3.91. The van der Waals surface area contributed by atoms with Crippen molar-refractivity contribution < 1.29 is 24.0 Å². The fourth-order valence-corrected chi connectivity index (χ4v) is 5.15. The van der Waals surface area contributed by atoms with Crippen LogP contribution in [0, 0.1) is 10.1 Å². The smallest absolute Gasteiger partial charge is 0.271 e. The number of anilines is 2. The lowest BCUT2D eigenvalue weighted by Gasteiger charge is -2.30. The van der Waals surface area contributed by atoms with Gasteiger partial charge in [0.15, 0.2) is 11.5 Å². The van der Waals surface area contributed by atoms with Crippen molar-refractivity contribution in [3.63, 3.8) is 0 Å². The Kier molecular flexibility index (Phi) is 6.56. The zero-order valence-corrected chi connectivity index (χ0v) is 21.7. The molecule has 3 N–H and O–H groups in total. The Balaban J connectivity index is 1.35. The van der Waals surface area contributed by atoms with Gasteiger partial charge in [-0.1, -0.05) is 12.1 Å². The van der Waals surface area contributed by atoms with E-state index in [1.165, 1.54) is 12.1 Å². The minimum absolute atomic E-state index is 0.0960. The first kappa shape index (κ1) is 25.4. The van der Waals surface area contributed by atoms with Crippen molar-refractivity contribution in [2.45, 2.75) is 12.8 Å². The van der Waals surface area contributed by atoms with Crippen LogP contribution in [0.3, 0.4) is 0 Å². The average Bonchev–Trinajstić information content (AvgIpc) is 3.58. The van der Waals surface area contributed by atoms with Gasteiger partial charge in [-0.05, 0) is 48.9 Å². The molecule has 3 aromatic carbocycles. The summed E-state index contributed by atoms with van der Waals surface area (Å²) < 4.78 is 11.0. The van der Waals surface area contributed by atoms with Gasteiger partial charge in [-0.25, -0.2) is 0 Å². The molecule has 3 aromatic rings. The van der Waals surface area contributed by atoms with E-state index in [4.69, 9.17) is 9.47 Å². The van der Waals surface area contributed by atoms with Gasteiger partial charge in [-0.3, -0.25) is 19.7 Å². The van der Waals surface area contributed by atoms with E-state index < -0.39 is 4.92 Å². The minimum atomic E-state index is -0.499. The summed E-state index contributed by atoms with van der Waals surface area (Å²) in [5, 5.41) is 20.7. The van der Waals surface area contributed by atoms with Crippen LogP contribution >= 0.6 is 0 Å². The molecule has 6 rings (SSSR count). The zero-order chi connectivity index (χ0) is 27.8. The van der Waals surface area contributed by atoms with Crippen LogP contribution in [0.15, 0.2) is 60.7 Å². The first-order chi connectivity index (χ1) is 19.4. The summed E-state index contributed by atoms with van der Waals surface area (Å²) in [5.74, 6) is 0.575. The Morgan fingerprint density at radius 1 is 1.02 bits per heavy atom. The summed E-state index contributed by atoms with van der Waals surface area (Å²) in [6, 6.07) is 17.2. The molecule has 204 valence electrons. The third kappa shape index (κ3) is 4.71. The molecule has 0 spiro atoms. The maximum Gasteiger partial charge on any atom is 0.271 e. The van der Waals surface area contributed by atoms with E-state index in [1.54, 1.807) is 18.2 Å². The van der Waals surface area contributed by atoms with Crippen molar-refractivity contribution >= 4 is 40.1 Å². The third-order valence-electron chi connectivity index (χ3n) is 7.35. The highest BCUT2D eigenvalue weighted by atomic mass is 16.7. The molecule has 0 radical (unpaired) electrons. The average molecular weight is 542 g/mol. The van der Waals surface area contributed by atoms with E-state index >= 15 is 0 Å². The standard InChI is InChI=1S/C29H27N5O6/c1-17(29(36)33-12-10-30-11-13-33)18-2-5-20(6-3-18)31-27(19-4-9-24-25(14-19)40-16-39-24)26-22-8-7-21(34(37)38)15-23(22)32-28(26)35/h2-9,14-15,17,30-31H,10-13,16H2,1H3,(H,32,35). The first-order valence-electron chi connectivity index (χ1n) is 13.0. The number of amides is 2. The molecule has 1 saturated heterocycles. The fourth-order valence-electron chi connectivity index (χ4n) is 5.15. The Labute approximate surface area is 229 Å². The summed E-state index contributed by atoms with van der Waals surface area (Å²) in [6.07, 6.45) is 0. The SMILES string of the molecule is CC(C(=O)N1CCNCC1)c1ccc(NC(=C2C(=O)Nc3cc([N+](=O)[O-])ccc32)c2ccc3c(c2)OCO3)cc1. The summed E-state index contributed by atoms with van der Waals surface area (Å²) >= 11 is 0. The van der Waals surface area contributed by atoms with Crippen LogP contribution < -0.4 is 25.4 Å². The van der Waals surface area contributed by atoms with Gasteiger partial charge in [0, 0.05) is 55.1 Å². The third-order valence-corrected chi connectivity index (χ3v) is 7.35. The van der Waals surface area contributed by atoms with Crippen molar-refractivity contribution in [1.29, 1.82) is 0 Å². The van der Waals surface area contributed by atoms with Gasteiger partial charge in [0.2, 0.25) is 12.7 Å². The molecule has 2 amide bonds. The van der Waals surface area contributed by atoms with Crippen molar-refractivity contribution in [2.24, 2.45) is 0 Å². The van der Waals surface area contributed by atoms with E-state index in [9.17, 15) is 19.7 Å². The molecule has 0 saturated carbocycles. The molecule has 1 fully saturated rings. The van der Waals surface area contributed by atoms with Crippen molar-refractivity contribution in [1.82, 2.24) is 10.2 Å². The number of nitrogens with one attached hydrogen (secondary N) is 3. The summed E-state index contributed by atoms with van der Waals surface area (Å²) in [4.78, 5) is 38.9. The summed E-state index contributed by atoms with van der Waals surface area (Å²) in [7, 11) is 0. The van der Waals surface area contributed by atoms with Crippen LogP contribution in [0.4, 0.5) is 17.1 Å². The Morgan fingerprint density at radius 2 is 1.77 bits per heavy atom. The van der Waals surface area contributed by atoms with Gasteiger partial charge in [0.1, 0.15) is 0 Å². The number of non-ortho nitro benzene ring substituents is 1. The number of fused-ring (bicyclic) bond motifs is 2. The van der Waals surface area contributed by atoms with Gasteiger partial charge < -0.3 is 30.3 Å². The maximum absolute atomic E-state index is 13.2. The van der Waals surface area contributed by atoms with Gasteiger partial charge in [0.25, 0.3) is 11.6 Å². The quantitative estimate of drug-likeness (QED) is 0.244. The zero-order valence-electron chi connectivity index (χ0n) is 21.7. The van der Waals surface area contributed by atoms with Crippen molar-refractivity contribution in [2.75, 3.05) is 43.6 Å². The molecule has 3 aliphatic rings. The van der Waals surface area contributed by atoms with Gasteiger partial charge >= 0.3 is 0 Å². The van der Waals surface area contributed by atoms with Crippen LogP contribution in [0.2, 0.25) is 0 Å². The number of benzene rings is 3. The molecule has 0 aromatic heterocycles. The number of hydrogen-bond acceptors (Lipinski definition) is 8. The van der Waals surface area contributed by atoms with E-state index in [-0.39, 0.29) is 30.2 Å². The van der Waals surface area contributed by atoms with Crippen LogP contribution in [0.1, 0.15) is 29.5 Å². The van der Waals surface area contributed by atoms with E-state index in [0.29, 0.717) is 58.4 Å². The van der Waals surface area contributed by atoms with Gasteiger partial charge in [0.05, 0.1) is 27.8 Å². The highest BCUT2D eigenvalue weighted by Gasteiger charge is 2.31. The molecule has 0 aliphatic carbocycles. The number of nitrogens with zero attached hydrogens (tertiary/aromatic N) is 2. The van der Waals surface area contributed by atoms with E-state index in [0.717, 1.165) is 18.7 Å². The number of nitro groups is 1. The lowest BCUT2D eigenvalue weighted by molar-refractivity contribution is -0.384. The second kappa shape index (κ2) is 10.3. The van der Waals surface area contributed by atoms with Gasteiger partial charge in [-0.2, -0.15) is 0 Å². The molecule has 40 heavy (non-hydrogen) atoms. The molecule has 0 bridgehead atoms. The van der Waals surface area contributed by atoms with Crippen molar-refractivity contribution in [3.8, 4) is 11.5 Å². The van der Waals surface area contributed by atoms with Crippen molar-refractivity contribution in [3.05, 3.63) is 87.5 Å². The lowest BCUT2D eigenvalue weighted by atomic mass is 9.98. The normalized spacial score (nSPS) is 17.6. The highest BCUT2D eigenvalue weighted by Crippen LogP contribution is 2.41. The molecule has 11 heteroatoms. The number of rotatable bonds is 6. The fraction of sp³-hybridized carbons (Fsp3) is 0.241. The maximum atomic E-state index is 13.2. The first-order valence-corrected chi connectivity index (χ1v) is 13.0. The number of nitro benzene ring substituents is 1. The highest BCUT2D eigenvalue weighted by molar-refractivity contribution is 6.37. The molecule has 1 atom stereocenters. The second-order valence-electron chi connectivity index (χ2n) is 9.80. The number of piperazine rings is 1. The number of ether oxygens (including phenoxy) is 2. The predicted molar refractivity (Wildman–Crippen MR) is 149 cm³/mol. The Morgan fingerprint density at radius 3 is 2.52 bits per heavy atom. The minimum Gasteiger partial charge on any atom is -0.454 e. The molecular weight excluding hydrogens is 514 g/mol. The number of carbonyl (C=O) groups is 2. The molecule has 3 heterocycles. The topological polar surface area (TPSA) is 135 Å². The number of carbonyl (C=O) groups excluding carboxylic acids is 2. The van der Waals surface area contributed by atoms with Crippen LogP contribution in [0.25, 0.3) is 11.3 Å². The van der Waals surface area contributed by atoms with Gasteiger partial charge in [-0.15, -0.1) is 0 Å². The Hall–Kier alpha value is -4.90. The van der Waals surface area contributed by atoms with E-state index in [1.807, 2.05) is 42.2 Å². The molecule has 3 aliphatic heterocycles. The molecular formula is C29H27N5O6. The summed E-state index contributed by atoms with van der Waals surface area (Å²) in [6.45, 7) is 5.00. The molecule has 1 unspecified atom stereocenters. The monoisotopic (exact) mass is 541 g/mol. The molecule has 11 nitrogen and oxygen atoms in total. The number of hydrogen-bond donors (Lipinski definition) is 3. The second-order valence-corrected chi connectivity index (χ2v) is 9.80. The van der Waals surface area contributed by atoms with Crippen LogP contribution in [0.5, 0.6) is 11.5 Å². The lowest BCUT2D eigenvalue weighted by Crippen LogP contribution is -2.47. The predicted octanol–water partition coefficient (Wildman–Crippen LogP) is 3.79. The largest absolute Gasteiger partial charge is 0.454 e. The van der Waals surface area contributed by atoms with Crippen LogP contribution in [-0.2, 0) is 9.59 Å². The van der Waals surface area contributed by atoms with Crippen LogP contribution in [-0.4, -0.2) is 54.6 Å². The van der Waals surface area contributed by atoms with E-state index in [2.05, 4.69) is 16.0 Å². The Bertz CT molecular complexity index is 1540.